The Bertz CT molecular complexity index is 776. The van der Waals surface area contributed by atoms with E-state index in [9.17, 15) is 14.4 Å². The van der Waals surface area contributed by atoms with Gasteiger partial charge in [-0.15, -0.1) is 0 Å². The largest absolute Gasteiger partial charge is 0.469 e. The molecule has 5 nitrogen and oxygen atoms in total. The number of hydrogen-bond acceptors (Lipinski definition) is 5. The molecule has 5 heteroatoms. The van der Waals surface area contributed by atoms with Gasteiger partial charge in [-0.2, -0.15) is 0 Å². The third-order valence-corrected chi connectivity index (χ3v) is 10.8. The zero-order chi connectivity index (χ0) is 24.0. The number of methoxy groups -OCH3 is 1. The van der Waals surface area contributed by atoms with E-state index in [-0.39, 0.29) is 34.8 Å². The smallest absolute Gasteiger partial charge is 0.305 e. The highest BCUT2D eigenvalue weighted by molar-refractivity contribution is 5.83. The first kappa shape index (κ1) is 24.7. The fraction of sp³-hybridized carbons (Fsp3) is 0.893. The number of fused-ring (bicyclic) bond motifs is 5. The standard InChI is InChI=1S/C28H44O5/c1-17(7-6-8-25(31)32-5)21-9-10-22-26-23(12-14-28(21,22)4)27(3)13-11-20(33-18(2)29)15-19(27)16-24(26)30/h17,19-23,26H,6-16H2,1-5H3/t17-,19-,20+,21-,22+,23+,26+,27+,28-/m1/s1. The van der Waals surface area contributed by atoms with Gasteiger partial charge in [0, 0.05) is 25.7 Å². The maximum absolute atomic E-state index is 13.6. The third kappa shape index (κ3) is 4.38. The second-order valence-corrected chi connectivity index (χ2v) is 12.3. The predicted octanol–water partition coefficient (Wildman–Crippen LogP) is 5.74. The number of Topliss-reactive ketones (excluding diaryl/α,β-unsaturated/α-hetero) is 1. The van der Waals surface area contributed by atoms with E-state index in [1.54, 1.807) is 0 Å². The zero-order valence-corrected chi connectivity index (χ0v) is 21.4. The average molecular weight is 461 g/mol. The molecule has 186 valence electrons. The Morgan fingerprint density at radius 2 is 1.76 bits per heavy atom. The molecule has 0 amide bonds. The van der Waals surface area contributed by atoms with Crippen LogP contribution in [0.4, 0.5) is 0 Å². The first-order valence-electron chi connectivity index (χ1n) is 13.4. The lowest BCUT2D eigenvalue weighted by atomic mass is 9.44. The maximum atomic E-state index is 13.6. The summed E-state index contributed by atoms with van der Waals surface area (Å²) in [5, 5.41) is 0. The van der Waals surface area contributed by atoms with Gasteiger partial charge in [-0.3, -0.25) is 14.4 Å². The highest BCUT2D eigenvalue weighted by Gasteiger charge is 2.63. The summed E-state index contributed by atoms with van der Waals surface area (Å²) in [5.41, 5.74) is 0.431. The van der Waals surface area contributed by atoms with Crippen molar-refractivity contribution in [3.05, 3.63) is 0 Å². The van der Waals surface area contributed by atoms with Gasteiger partial charge in [0.05, 0.1) is 7.11 Å². The molecule has 4 fully saturated rings. The summed E-state index contributed by atoms with van der Waals surface area (Å²) >= 11 is 0. The van der Waals surface area contributed by atoms with Crippen molar-refractivity contribution in [1.82, 2.24) is 0 Å². The van der Waals surface area contributed by atoms with Crippen molar-refractivity contribution in [2.45, 2.75) is 104 Å². The molecule has 0 heterocycles. The molecule has 0 spiro atoms. The summed E-state index contributed by atoms with van der Waals surface area (Å²) < 4.78 is 10.4. The van der Waals surface area contributed by atoms with Crippen LogP contribution in [-0.2, 0) is 23.9 Å². The van der Waals surface area contributed by atoms with Crippen molar-refractivity contribution in [2.75, 3.05) is 7.11 Å². The molecule has 4 aliphatic carbocycles. The number of ether oxygens (including phenoxy) is 2. The molecule has 0 saturated heterocycles. The van der Waals surface area contributed by atoms with Crippen LogP contribution in [-0.4, -0.2) is 30.9 Å². The van der Waals surface area contributed by atoms with Gasteiger partial charge in [0.15, 0.2) is 0 Å². The minimum atomic E-state index is -0.199. The van der Waals surface area contributed by atoms with E-state index in [0.717, 1.165) is 38.5 Å². The summed E-state index contributed by atoms with van der Waals surface area (Å²) in [6.45, 7) is 8.76. The molecule has 0 aromatic heterocycles. The van der Waals surface area contributed by atoms with Gasteiger partial charge < -0.3 is 9.47 Å². The molecule has 4 saturated carbocycles. The average Bonchev–Trinajstić information content (AvgIpc) is 3.11. The van der Waals surface area contributed by atoms with Gasteiger partial charge >= 0.3 is 11.9 Å². The normalized spacial score (nSPS) is 43.1. The van der Waals surface area contributed by atoms with Crippen molar-refractivity contribution in [1.29, 1.82) is 0 Å². The fourth-order valence-corrected chi connectivity index (χ4v) is 9.08. The van der Waals surface area contributed by atoms with E-state index < -0.39 is 0 Å². The van der Waals surface area contributed by atoms with Crippen molar-refractivity contribution in [3.8, 4) is 0 Å². The summed E-state index contributed by atoms with van der Waals surface area (Å²) in [5.74, 6) is 2.93. The number of carbonyl (C=O) groups is 3. The minimum Gasteiger partial charge on any atom is -0.469 e. The molecule has 0 aromatic rings. The SMILES string of the molecule is COC(=O)CCC[C@@H](C)[C@H]1CC[C@H]2[C@@H]3C(=O)C[C@H]4C[C@@H](OC(C)=O)CC[C@]4(C)[C@H]3CC[C@]12C. The van der Waals surface area contributed by atoms with Crippen LogP contribution in [0.25, 0.3) is 0 Å². The van der Waals surface area contributed by atoms with Crippen LogP contribution in [0.5, 0.6) is 0 Å². The molecule has 0 aliphatic heterocycles. The van der Waals surface area contributed by atoms with Gasteiger partial charge in [-0.1, -0.05) is 20.8 Å². The van der Waals surface area contributed by atoms with E-state index in [1.165, 1.54) is 33.3 Å². The maximum Gasteiger partial charge on any atom is 0.305 e. The van der Waals surface area contributed by atoms with Crippen LogP contribution < -0.4 is 0 Å². The highest BCUT2D eigenvalue weighted by atomic mass is 16.5. The van der Waals surface area contributed by atoms with E-state index in [1.807, 2.05) is 0 Å². The summed E-state index contributed by atoms with van der Waals surface area (Å²) in [4.78, 5) is 36.7. The number of rotatable bonds is 6. The van der Waals surface area contributed by atoms with Gasteiger partial charge in [0.2, 0.25) is 0 Å². The number of hydrogen-bond donors (Lipinski definition) is 0. The molecule has 33 heavy (non-hydrogen) atoms. The molecule has 4 aliphatic rings. The quantitative estimate of drug-likeness (QED) is 0.473. The van der Waals surface area contributed by atoms with E-state index >= 15 is 0 Å². The van der Waals surface area contributed by atoms with Gasteiger partial charge in [-0.05, 0) is 98.2 Å². The number of ketones is 1. The van der Waals surface area contributed by atoms with E-state index in [4.69, 9.17) is 9.47 Å². The van der Waals surface area contributed by atoms with Crippen molar-refractivity contribution in [3.63, 3.8) is 0 Å². The molecule has 9 atom stereocenters. The van der Waals surface area contributed by atoms with Crippen LogP contribution in [0.2, 0.25) is 0 Å². The summed E-state index contributed by atoms with van der Waals surface area (Å²) in [6.07, 6.45) is 10.7. The molecule has 0 radical (unpaired) electrons. The monoisotopic (exact) mass is 460 g/mol. The Morgan fingerprint density at radius 1 is 1.06 bits per heavy atom. The first-order valence-corrected chi connectivity index (χ1v) is 13.4. The Kier molecular flexibility index (Phi) is 7.00. The fourth-order valence-electron chi connectivity index (χ4n) is 9.08. The highest BCUT2D eigenvalue weighted by Crippen LogP contribution is 2.67. The Hall–Kier alpha value is -1.39. The van der Waals surface area contributed by atoms with Crippen LogP contribution >= 0.6 is 0 Å². The molecule has 0 aromatic carbocycles. The zero-order valence-electron chi connectivity index (χ0n) is 21.4. The topological polar surface area (TPSA) is 69.7 Å². The number of carbonyl (C=O) groups excluding carboxylic acids is 3. The second-order valence-electron chi connectivity index (χ2n) is 12.3. The summed E-state index contributed by atoms with van der Waals surface area (Å²) in [6, 6.07) is 0. The Morgan fingerprint density at radius 3 is 2.45 bits per heavy atom. The predicted molar refractivity (Wildman–Crippen MR) is 126 cm³/mol. The van der Waals surface area contributed by atoms with Crippen LogP contribution in [0, 0.1) is 46.3 Å². The minimum absolute atomic E-state index is 0.0134. The summed E-state index contributed by atoms with van der Waals surface area (Å²) in [7, 11) is 1.46. The third-order valence-electron chi connectivity index (χ3n) is 10.8. The molecular weight excluding hydrogens is 416 g/mol. The van der Waals surface area contributed by atoms with Gasteiger partial charge in [0.1, 0.15) is 11.9 Å². The molecule has 0 unspecified atom stereocenters. The van der Waals surface area contributed by atoms with Gasteiger partial charge in [0.25, 0.3) is 0 Å². The van der Waals surface area contributed by atoms with Crippen molar-refractivity contribution >= 4 is 17.7 Å². The van der Waals surface area contributed by atoms with Crippen molar-refractivity contribution < 1.29 is 23.9 Å². The molecular formula is C28H44O5. The van der Waals surface area contributed by atoms with Crippen molar-refractivity contribution in [2.24, 2.45) is 46.3 Å². The van der Waals surface area contributed by atoms with Gasteiger partial charge in [-0.25, -0.2) is 0 Å². The first-order chi connectivity index (χ1) is 15.6. The van der Waals surface area contributed by atoms with Crippen LogP contribution in [0.1, 0.15) is 98.3 Å². The Labute approximate surface area is 199 Å². The number of esters is 2. The lowest BCUT2D eigenvalue weighted by Gasteiger charge is -2.60. The van der Waals surface area contributed by atoms with Crippen LogP contribution in [0.3, 0.4) is 0 Å². The Balaban J connectivity index is 1.46. The van der Waals surface area contributed by atoms with E-state index in [0.29, 0.717) is 48.2 Å². The van der Waals surface area contributed by atoms with Crippen LogP contribution in [0.15, 0.2) is 0 Å². The lowest BCUT2D eigenvalue weighted by Crippen LogP contribution is -2.57. The second kappa shape index (κ2) is 9.34. The van der Waals surface area contributed by atoms with E-state index in [2.05, 4.69) is 20.8 Å². The molecule has 0 N–H and O–H groups in total. The molecule has 4 rings (SSSR count). The lowest BCUT2D eigenvalue weighted by molar-refractivity contribution is -0.168. The molecule has 0 bridgehead atoms.